The first kappa shape index (κ1) is 21.3. The second kappa shape index (κ2) is 7.91. The molecule has 0 bridgehead atoms. The number of rotatable bonds is 4. The van der Waals surface area contributed by atoms with Crippen LogP contribution in [0.3, 0.4) is 0 Å². The van der Waals surface area contributed by atoms with Gasteiger partial charge in [0.05, 0.1) is 23.3 Å². The number of pyridine rings is 2. The Morgan fingerprint density at radius 2 is 2.00 bits per heavy atom. The number of carbonyl (C=O) groups excluding carboxylic acids is 1. The number of piperidine rings is 1. The van der Waals surface area contributed by atoms with Crippen LogP contribution in [-0.2, 0) is 6.54 Å². The van der Waals surface area contributed by atoms with Crippen LogP contribution in [-0.4, -0.2) is 55.3 Å². The number of aryl methyl sites for hydroxylation is 2. The number of likely N-dealkylation sites (tertiary alicyclic amines) is 1. The summed E-state index contributed by atoms with van der Waals surface area (Å²) < 4.78 is 18.1. The van der Waals surface area contributed by atoms with Crippen LogP contribution in [0.15, 0.2) is 36.5 Å². The van der Waals surface area contributed by atoms with Gasteiger partial charge < -0.3 is 15.2 Å². The van der Waals surface area contributed by atoms with Crippen molar-refractivity contribution in [2.24, 2.45) is 11.7 Å². The first-order chi connectivity index (χ1) is 16.4. The number of alkyl halides is 1. The maximum absolute atomic E-state index is 14.0. The van der Waals surface area contributed by atoms with E-state index in [0.29, 0.717) is 24.4 Å². The molecule has 0 aromatic carbocycles. The minimum atomic E-state index is -1.08. The molecule has 7 nitrogen and oxygen atoms in total. The summed E-state index contributed by atoms with van der Waals surface area (Å²) in [6.45, 7) is 5.47. The van der Waals surface area contributed by atoms with E-state index in [0.717, 1.165) is 45.7 Å². The number of amides is 1. The highest BCUT2D eigenvalue weighted by Crippen LogP contribution is 2.36. The van der Waals surface area contributed by atoms with E-state index in [2.05, 4.69) is 23.6 Å². The maximum Gasteiger partial charge on any atom is 0.255 e. The molecular weight excluding hydrogens is 431 g/mol. The summed E-state index contributed by atoms with van der Waals surface area (Å²) in [6, 6.07) is 9.72. The van der Waals surface area contributed by atoms with E-state index in [9.17, 15) is 9.18 Å². The molecule has 2 aliphatic rings. The minimum Gasteiger partial charge on any atom is -0.334 e. The van der Waals surface area contributed by atoms with Crippen LogP contribution in [0.25, 0.3) is 27.9 Å². The Labute approximate surface area is 197 Å². The molecule has 1 amide bonds. The number of hydrogen-bond acceptors (Lipinski definition) is 4. The fraction of sp³-hybridized carbons (Fsp3) is 0.423. The molecule has 5 heterocycles. The number of hydrogen-bond donors (Lipinski definition) is 1. The Morgan fingerprint density at radius 1 is 1.18 bits per heavy atom. The van der Waals surface area contributed by atoms with E-state index in [1.165, 1.54) is 17.7 Å². The number of aromatic nitrogens is 4. The van der Waals surface area contributed by atoms with Crippen LogP contribution in [0.5, 0.6) is 0 Å². The van der Waals surface area contributed by atoms with Crippen LogP contribution in [0.4, 0.5) is 4.39 Å². The van der Waals surface area contributed by atoms with Crippen LogP contribution in [0.1, 0.15) is 40.9 Å². The summed E-state index contributed by atoms with van der Waals surface area (Å²) >= 11 is 0. The van der Waals surface area contributed by atoms with E-state index in [1.807, 2.05) is 19.1 Å². The van der Waals surface area contributed by atoms with Crippen molar-refractivity contribution in [3.63, 3.8) is 0 Å². The summed E-state index contributed by atoms with van der Waals surface area (Å²) in [6.07, 6.45) is 3.47. The topological polar surface area (TPSA) is 81.5 Å². The molecule has 2 N–H and O–H groups in total. The molecule has 1 saturated heterocycles. The molecule has 0 spiro atoms. The van der Waals surface area contributed by atoms with Crippen molar-refractivity contribution < 1.29 is 9.18 Å². The van der Waals surface area contributed by atoms with Gasteiger partial charge in [0.15, 0.2) is 0 Å². The van der Waals surface area contributed by atoms with Gasteiger partial charge in [-0.1, -0.05) is 0 Å². The van der Waals surface area contributed by atoms with Crippen LogP contribution in [0.2, 0.25) is 0 Å². The highest BCUT2D eigenvalue weighted by molar-refractivity contribution is 5.95. The highest BCUT2D eigenvalue weighted by Gasteiger charge is 2.29. The fourth-order valence-electron chi connectivity index (χ4n) is 5.13. The average molecular weight is 461 g/mol. The monoisotopic (exact) mass is 460 g/mol. The third-order valence-electron chi connectivity index (χ3n) is 7.11. The second-order valence-corrected chi connectivity index (χ2v) is 9.97. The lowest BCUT2D eigenvalue weighted by Gasteiger charge is -2.32. The molecule has 2 fully saturated rings. The number of nitrogens with zero attached hydrogens (tertiary/aromatic N) is 5. The van der Waals surface area contributed by atoms with Crippen molar-refractivity contribution in [3.8, 4) is 11.4 Å². The van der Waals surface area contributed by atoms with E-state index >= 15 is 0 Å². The predicted octanol–water partition coefficient (Wildman–Crippen LogP) is 3.89. The van der Waals surface area contributed by atoms with Gasteiger partial charge in [-0.25, -0.2) is 13.9 Å². The third-order valence-corrected chi connectivity index (χ3v) is 7.11. The van der Waals surface area contributed by atoms with Gasteiger partial charge in [0, 0.05) is 42.0 Å². The Balaban J connectivity index is 1.41. The minimum absolute atomic E-state index is 0.0850. The number of carbonyl (C=O) groups is 1. The molecule has 176 valence electrons. The summed E-state index contributed by atoms with van der Waals surface area (Å²) in [4.78, 5) is 19.4. The number of halogens is 1. The lowest BCUT2D eigenvalue weighted by Crippen LogP contribution is -2.50. The highest BCUT2D eigenvalue weighted by atomic mass is 19.1. The lowest BCUT2D eigenvalue weighted by molar-refractivity contribution is 0.0606. The Bertz CT molecular complexity index is 1410. The zero-order valence-electron chi connectivity index (χ0n) is 19.5. The van der Waals surface area contributed by atoms with Crippen LogP contribution >= 0.6 is 0 Å². The molecule has 4 aromatic heterocycles. The second-order valence-electron chi connectivity index (χ2n) is 9.97. The van der Waals surface area contributed by atoms with Gasteiger partial charge in [0.2, 0.25) is 0 Å². The smallest absolute Gasteiger partial charge is 0.255 e. The first-order valence-corrected chi connectivity index (χ1v) is 12.0. The predicted molar refractivity (Wildman–Crippen MR) is 130 cm³/mol. The van der Waals surface area contributed by atoms with Crippen molar-refractivity contribution in [2.45, 2.75) is 51.9 Å². The van der Waals surface area contributed by atoms with Crippen molar-refractivity contribution in [1.29, 1.82) is 0 Å². The summed E-state index contributed by atoms with van der Waals surface area (Å²) in [5.41, 5.74) is 12.4. The Kier molecular flexibility index (Phi) is 4.95. The van der Waals surface area contributed by atoms with Gasteiger partial charge in [-0.05, 0) is 69.4 Å². The SMILES string of the molecule is Cc1ccc2cc(-c3nn4cc(C(=O)N5C[C@H](N)C[C@@H](F)C5)ccc4c3C)n(CC3CC3)c2n1. The van der Waals surface area contributed by atoms with Gasteiger partial charge in [0.25, 0.3) is 5.91 Å². The summed E-state index contributed by atoms with van der Waals surface area (Å²) in [5.74, 6) is 0.477. The van der Waals surface area contributed by atoms with E-state index in [1.54, 1.807) is 16.8 Å². The van der Waals surface area contributed by atoms with Gasteiger partial charge in [0.1, 0.15) is 17.5 Å². The zero-order valence-corrected chi connectivity index (χ0v) is 19.5. The quantitative estimate of drug-likeness (QED) is 0.501. The van der Waals surface area contributed by atoms with Gasteiger partial charge in [-0.2, -0.15) is 5.10 Å². The summed E-state index contributed by atoms with van der Waals surface area (Å²) in [5, 5.41) is 6.01. The first-order valence-electron chi connectivity index (χ1n) is 12.0. The molecule has 1 aliphatic heterocycles. The van der Waals surface area contributed by atoms with E-state index in [4.69, 9.17) is 15.8 Å². The normalized spacial score (nSPS) is 21.0. The molecule has 0 unspecified atom stereocenters. The van der Waals surface area contributed by atoms with Gasteiger partial charge in [-0.15, -0.1) is 0 Å². The van der Waals surface area contributed by atoms with Crippen molar-refractivity contribution >= 4 is 22.5 Å². The largest absolute Gasteiger partial charge is 0.334 e. The maximum atomic E-state index is 14.0. The molecule has 6 rings (SSSR count). The van der Waals surface area contributed by atoms with Crippen LogP contribution in [0, 0.1) is 19.8 Å². The Morgan fingerprint density at radius 3 is 2.76 bits per heavy atom. The van der Waals surface area contributed by atoms with Crippen molar-refractivity contribution in [2.75, 3.05) is 13.1 Å². The third kappa shape index (κ3) is 3.66. The van der Waals surface area contributed by atoms with Crippen molar-refractivity contribution in [1.82, 2.24) is 24.1 Å². The molecule has 1 saturated carbocycles. The zero-order chi connectivity index (χ0) is 23.6. The molecule has 2 atom stereocenters. The Hall–Kier alpha value is -3.26. The lowest BCUT2D eigenvalue weighted by atomic mass is 10.0. The molecule has 8 heteroatoms. The van der Waals surface area contributed by atoms with Crippen LogP contribution < -0.4 is 5.73 Å². The fourth-order valence-corrected chi connectivity index (χ4v) is 5.13. The van der Waals surface area contributed by atoms with Gasteiger partial charge >= 0.3 is 0 Å². The standard InChI is InChI=1S/C26H29FN6O/c1-15-3-6-18-9-23(32(25(18)29-15)11-17-4-5-17)24-16(2)22-8-7-19(12-33(22)30-24)26(34)31-13-20(27)10-21(28)14-31/h3,6-9,12,17,20-21H,4-5,10-11,13-14,28H2,1-2H3/t20-,21-/m1/s1. The molecule has 0 radical (unpaired) electrons. The average Bonchev–Trinajstić information content (AvgIpc) is 3.48. The molecule has 1 aliphatic carbocycles. The summed E-state index contributed by atoms with van der Waals surface area (Å²) in [7, 11) is 0. The number of nitrogens with two attached hydrogens (primary N) is 1. The molecular formula is C26H29FN6O. The molecule has 4 aromatic rings. The van der Waals surface area contributed by atoms with Gasteiger partial charge in [-0.3, -0.25) is 4.79 Å². The number of fused-ring (bicyclic) bond motifs is 2. The van der Waals surface area contributed by atoms with E-state index in [-0.39, 0.29) is 18.5 Å². The van der Waals surface area contributed by atoms with E-state index < -0.39 is 6.17 Å². The van der Waals surface area contributed by atoms with Crippen molar-refractivity contribution in [3.05, 3.63) is 53.3 Å². The molecule has 34 heavy (non-hydrogen) atoms.